The van der Waals surface area contributed by atoms with Crippen molar-refractivity contribution >= 4 is 11.4 Å². The van der Waals surface area contributed by atoms with Gasteiger partial charge in [0, 0.05) is 11.5 Å². The number of benzene rings is 1. The molecule has 2 nitrogen and oxygen atoms in total. The van der Waals surface area contributed by atoms with Crippen LogP contribution in [0.1, 0.15) is 56.9 Å². The second-order valence-corrected chi connectivity index (χ2v) is 5.50. The lowest BCUT2D eigenvalue weighted by molar-refractivity contribution is 0.537. The van der Waals surface area contributed by atoms with Crippen LogP contribution in [0.25, 0.3) is 0 Å². The van der Waals surface area contributed by atoms with Crippen LogP contribution in [-0.4, -0.2) is 5.71 Å². The van der Waals surface area contributed by atoms with Crippen LogP contribution >= 0.6 is 0 Å². The van der Waals surface area contributed by atoms with Gasteiger partial charge >= 0.3 is 0 Å². The van der Waals surface area contributed by atoms with E-state index in [1.54, 1.807) is 0 Å². The Kier molecular flexibility index (Phi) is 3.63. The maximum Gasteiger partial charge on any atom is 0.0948 e. The van der Waals surface area contributed by atoms with Crippen molar-refractivity contribution in [2.75, 3.05) is 0 Å². The summed E-state index contributed by atoms with van der Waals surface area (Å²) in [6.45, 7) is 0. The zero-order valence-electron chi connectivity index (χ0n) is 10.9. The first-order valence-electron chi connectivity index (χ1n) is 7.33. The maximum absolute atomic E-state index is 4.47. The fourth-order valence-corrected chi connectivity index (χ4v) is 3.15. The van der Waals surface area contributed by atoms with Gasteiger partial charge in [0.15, 0.2) is 0 Å². The van der Waals surface area contributed by atoms with Gasteiger partial charge in [-0.25, -0.2) is 0 Å². The maximum atomic E-state index is 4.47. The Morgan fingerprint density at radius 1 is 0.833 bits per heavy atom. The fourth-order valence-electron chi connectivity index (χ4n) is 3.15. The van der Waals surface area contributed by atoms with Crippen molar-refractivity contribution < 1.29 is 0 Å². The number of nitrogens with zero attached hydrogens (tertiary/aromatic N) is 2. The van der Waals surface area contributed by atoms with Gasteiger partial charge in [-0.1, -0.05) is 56.7 Å². The first kappa shape index (κ1) is 11.8. The Morgan fingerprint density at radius 3 is 2.28 bits per heavy atom. The Balaban J connectivity index is 1.77. The van der Waals surface area contributed by atoms with Crippen molar-refractivity contribution in [1.29, 1.82) is 0 Å². The van der Waals surface area contributed by atoms with Gasteiger partial charge in [0.25, 0.3) is 0 Å². The molecule has 1 aromatic rings. The number of fused-ring (bicyclic) bond motifs is 1. The SMILES string of the molecule is c1ccc2c(c1)[N]N=C2C1CCCCCCCC1. The molecule has 1 aliphatic heterocycles. The molecule has 0 saturated heterocycles. The molecule has 2 aliphatic rings. The second kappa shape index (κ2) is 5.55. The fraction of sp³-hybridized carbons (Fsp3) is 0.562. The molecule has 2 heteroatoms. The van der Waals surface area contributed by atoms with Crippen LogP contribution in [0.15, 0.2) is 29.4 Å². The van der Waals surface area contributed by atoms with Crippen LogP contribution in [0.3, 0.4) is 0 Å². The summed E-state index contributed by atoms with van der Waals surface area (Å²) in [7, 11) is 0. The molecule has 1 heterocycles. The molecule has 0 atom stereocenters. The third-order valence-corrected chi connectivity index (χ3v) is 4.19. The molecule has 18 heavy (non-hydrogen) atoms. The van der Waals surface area contributed by atoms with E-state index < -0.39 is 0 Å². The van der Waals surface area contributed by atoms with E-state index in [1.165, 1.54) is 62.6 Å². The van der Waals surface area contributed by atoms with Gasteiger partial charge in [0.1, 0.15) is 0 Å². The van der Waals surface area contributed by atoms with E-state index in [0.29, 0.717) is 5.92 Å². The predicted molar refractivity (Wildman–Crippen MR) is 75.2 cm³/mol. The molecule has 95 valence electrons. The molecule has 3 rings (SSSR count). The Morgan fingerprint density at radius 2 is 1.50 bits per heavy atom. The Hall–Kier alpha value is -1.31. The van der Waals surface area contributed by atoms with Crippen molar-refractivity contribution in [3.05, 3.63) is 29.8 Å². The highest BCUT2D eigenvalue weighted by atomic mass is 15.3. The van der Waals surface area contributed by atoms with Gasteiger partial charge in [-0.2, -0.15) is 10.5 Å². The Bertz CT molecular complexity index is 426. The van der Waals surface area contributed by atoms with Crippen LogP contribution in [0.5, 0.6) is 0 Å². The number of rotatable bonds is 1. The number of hydrogen-bond acceptors (Lipinski definition) is 1. The quantitative estimate of drug-likeness (QED) is 0.697. The zero-order chi connectivity index (χ0) is 12.2. The highest BCUT2D eigenvalue weighted by Gasteiger charge is 2.24. The summed E-state index contributed by atoms with van der Waals surface area (Å²) >= 11 is 0. The molecule has 0 unspecified atom stereocenters. The lowest BCUT2D eigenvalue weighted by Crippen LogP contribution is -2.14. The standard InChI is InChI=1S/C16H21N2/c1-2-4-6-10-13(9-5-3-1)16-14-11-7-8-12-15(14)17-18-16/h7-8,11-13H,1-6,9-10H2. The highest BCUT2D eigenvalue weighted by Crippen LogP contribution is 2.31. The molecule has 1 aliphatic carbocycles. The van der Waals surface area contributed by atoms with Crippen molar-refractivity contribution in [3.8, 4) is 0 Å². The molecule has 1 saturated carbocycles. The smallest absolute Gasteiger partial charge is 0.0948 e. The van der Waals surface area contributed by atoms with Crippen molar-refractivity contribution in [1.82, 2.24) is 5.43 Å². The minimum absolute atomic E-state index is 0.635. The van der Waals surface area contributed by atoms with Crippen LogP contribution in [0.2, 0.25) is 0 Å². The van der Waals surface area contributed by atoms with E-state index in [2.05, 4.69) is 28.7 Å². The van der Waals surface area contributed by atoms with Crippen LogP contribution in [0, 0.1) is 5.92 Å². The molecule has 1 fully saturated rings. The third kappa shape index (κ3) is 2.43. The van der Waals surface area contributed by atoms with Gasteiger partial charge < -0.3 is 0 Å². The van der Waals surface area contributed by atoms with E-state index in [-0.39, 0.29) is 0 Å². The van der Waals surface area contributed by atoms with Crippen LogP contribution in [-0.2, 0) is 0 Å². The molecular formula is C16H21N2. The highest BCUT2D eigenvalue weighted by molar-refractivity contribution is 6.07. The third-order valence-electron chi connectivity index (χ3n) is 4.19. The van der Waals surface area contributed by atoms with E-state index in [0.717, 1.165) is 5.69 Å². The van der Waals surface area contributed by atoms with Gasteiger partial charge in [-0.3, -0.25) is 0 Å². The van der Waals surface area contributed by atoms with Crippen molar-refractivity contribution in [2.24, 2.45) is 11.0 Å². The van der Waals surface area contributed by atoms with Gasteiger partial charge in [-0.05, 0) is 18.9 Å². The van der Waals surface area contributed by atoms with E-state index >= 15 is 0 Å². The van der Waals surface area contributed by atoms with Crippen molar-refractivity contribution in [3.63, 3.8) is 0 Å². The first-order chi connectivity index (χ1) is 8.95. The lowest BCUT2D eigenvalue weighted by atomic mass is 9.88. The molecule has 1 aromatic carbocycles. The predicted octanol–water partition coefficient (Wildman–Crippen LogP) is 4.39. The van der Waals surface area contributed by atoms with E-state index in [9.17, 15) is 0 Å². The summed E-state index contributed by atoms with van der Waals surface area (Å²) in [5, 5.41) is 4.47. The minimum atomic E-state index is 0.635. The molecule has 0 N–H and O–H groups in total. The molecular weight excluding hydrogens is 220 g/mol. The lowest BCUT2D eigenvalue weighted by Gasteiger charge is -2.15. The van der Waals surface area contributed by atoms with Gasteiger partial charge in [0.2, 0.25) is 0 Å². The summed E-state index contributed by atoms with van der Waals surface area (Å²) in [5.74, 6) is 0.635. The number of hydrogen-bond donors (Lipinski definition) is 0. The topological polar surface area (TPSA) is 26.5 Å². The summed E-state index contributed by atoms with van der Waals surface area (Å²) in [6.07, 6.45) is 10.9. The van der Waals surface area contributed by atoms with Gasteiger partial charge in [-0.15, -0.1) is 0 Å². The summed E-state index contributed by atoms with van der Waals surface area (Å²) in [6, 6.07) is 8.40. The first-order valence-corrected chi connectivity index (χ1v) is 7.33. The summed E-state index contributed by atoms with van der Waals surface area (Å²) < 4.78 is 0. The largest absolute Gasteiger partial charge is 0.154 e. The monoisotopic (exact) mass is 241 g/mol. The van der Waals surface area contributed by atoms with Crippen LogP contribution < -0.4 is 5.43 Å². The summed E-state index contributed by atoms with van der Waals surface area (Å²) in [4.78, 5) is 0. The average Bonchev–Trinajstić information content (AvgIpc) is 2.87. The van der Waals surface area contributed by atoms with Crippen LogP contribution in [0.4, 0.5) is 5.69 Å². The second-order valence-electron chi connectivity index (χ2n) is 5.50. The Labute approximate surface area is 109 Å². The van der Waals surface area contributed by atoms with E-state index in [1.807, 2.05) is 6.07 Å². The molecule has 0 amide bonds. The van der Waals surface area contributed by atoms with E-state index in [4.69, 9.17) is 0 Å². The molecule has 0 bridgehead atoms. The van der Waals surface area contributed by atoms with Gasteiger partial charge in [0.05, 0.1) is 11.4 Å². The molecule has 0 aromatic heterocycles. The van der Waals surface area contributed by atoms with Crippen molar-refractivity contribution in [2.45, 2.75) is 51.4 Å². The summed E-state index contributed by atoms with van der Waals surface area (Å²) in [5.41, 5.74) is 7.92. The minimum Gasteiger partial charge on any atom is -0.154 e. The average molecular weight is 241 g/mol. The molecule has 0 spiro atoms. The molecule has 1 radical (unpaired) electrons. The normalized spacial score (nSPS) is 21.2. The zero-order valence-corrected chi connectivity index (χ0v) is 10.9.